The molecule has 114 valence electrons. The number of hydrogen-bond acceptors (Lipinski definition) is 5. The Morgan fingerprint density at radius 2 is 1.95 bits per heavy atom. The highest BCUT2D eigenvalue weighted by Gasteiger charge is 2.29. The van der Waals surface area contributed by atoms with Crippen molar-refractivity contribution in [3.05, 3.63) is 40.8 Å². The van der Waals surface area contributed by atoms with E-state index in [9.17, 15) is 22.0 Å². The molecule has 0 atom stereocenters. The second-order valence-electron chi connectivity index (χ2n) is 4.34. The Morgan fingerprint density at radius 3 is 2.62 bits per heavy atom. The molecule has 6 nitrogen and oxygen atoms in total. The molecule has 1 heterocycles. The summed E-state index contributed by atoms with van der Waals surface area (Å²) >= 11 is 0. The minimum atomic E-state index is -4.11. The Bertz CT molecular complexity index is 817. The molecule has 3 N–H and O–H groups in total. The highest BCUT2D eigenvalue weighted by atomic mass is 32.2. The first-order valence-corrected chi connectivity index (χ1v) is 7.33. The predicted octanol–water partition coefficient (Wildman–Crippen LogP) is 0.665. The molecule has 0 radical (unpaired) electrons. The van der Waals surface area contributed by atoms with E-state index in [0.717, 1.165) is 12.1 Å². The van der Waals surface area contributed by atoms with Gasteiger partial charge in [-0.15, -0.1) is 0 Å². The third-order valence-electron chi connectivity index (χ3n) is 2.72. The molecule has 2 aromatic rings. The average Bonchev–Trinajstić information content (AvgIpc) is 2.45. The van der Waals surface area contributed by atoms with Crippen LogP contribution < -0.4 is 16.1 Å². The fourth-order valence-corrected chi connectivity index (χ4v) is 2.67. The van der Waals surface area contributed by atoms with E-state index in [4.69, 9.17) is 10.2 Å². The number of benzene rings is 1. The van der Waals surface area contributed by atoms with Crippen LogP contribution in [0.3, 0.4) is 0 Å². The largest absolute Gasteiger partial charge is 0.423 e. The number of halogens is 2. The van der Waals surface area contributed by atoms with Crippen LogP contribution in [0, 0.1) is 0 Å². The van der Waals surface area contributed by atoms with Crippen molar-refractivity contribution < 1.29 is 21.6 Å². The first-order chi connectivity index (χ1) is 9.73. The minimum Gasteiger partial charge on any atom is -0.423 e. The normalized spacial score (nSPS) is 12.7. The number of nitrogens with one attached hydrogen (secondary N) is 1. The predicted molar refractivity (Wildman–Crippen MR) is 71.7 cm³/mol. The van der Waals surface area contributed by atoms with Crippen molar-refractivity contribution in [2.45, 2.75) is 10.8 Å². The van der Waals surface area contributed by atoms with Crippen molar-refractivity contribution in [2.24, 2.45) is 5.73 Å². The van der Waals surface area contributed by atoms with E-state index < -0.39 is 34.7 Å². The first kappa shape index (κ1) is 15.5. The SMILES string of the molecule is NCC(F)(F)CNS(=O)(=O)c1ccc2oc(=O)ccc2c1. The van der Waals surface area contributed by atoms with Gasteiger partial charge in [-0.3, -0.25) is 0 Å². The maximum Gasteiger partial charge on any atom is 0.336 e. The smallest absolute Gasteiger partial charge is 0.336 e. The molecule has 0 bridgehead atoms. The molecule has 0 aliphatic heterocycles. The van der Waals surface area contributed by atoms with Gasteiger partial charge in [0.15, 0.2) is 0 Å². The summed E-state index contributed by atoms with van der Waals surface area (Å²) in [4.78, 5) is 10.8. The summed E-state index contributed by atoms with van der Waals surface area (Å²) in [5.74, 6) is -3.32. The standard InChI is InChI=1S/C12H12F2N2O4S/c13-12(14,6-15)7-16-21(18,19)9-2-3-10-8(5-9)1-4-11(17)20-10/h1-5,16H,6-7,15H2. The van der Waals surface area contributed by atoms with Crippen LogP contribution in [0.5, 0.6) is 0 Å². The van der Waals surface area contributed by atoms with Crippen molar-refractivity contribution in [1.29, 1.82) is 0 Å². The lowest BCUT2D eigenvalue weighted by Crippen LogP contribution is -2.41. The van der Waals surface area contributed by atoms with E-state index in [2.05, 4.69) is 0 Å². The molecule has 0 amide bonds. The van der Waals surface area contributed by atoms with Crippen LogP contribution in [0.25, 0.3) is 11.0 Å². The third-order valence-corrected chi connectivity index (χ3v) is 4.12. The van der Waals surface area contributed by atoms with Crippen LogP contribution in [-0.4, -0.2) is 27.4 Å². The van der Waals surface area contributed by atoms with Crippen molar-refractivity contribution in [3.63, 3.8) is 0 Å². The maximum atomic E-state index is 13.0. The van der Waals surface area contributed by atoms with E-state index in [1.165, 1.54) is 18.2 Å². The Balaban J connectivity index is 2.32. The molecule has 0 spiro atoms. The highest BCUT2D eigenvalue weighted by molar-refractivity contribution is 7.89. The summed E-state index contributed by atoms with van der Waals surface area (Å²) in [5.41, 5.74) is 4.47. The molecule has 1 aromatic carbocycles. The van der Waals surface area contributed by atoms with Crippen molar-refractivity contribution in [3.8, 4) is 0 Å². The lowest BCUT2D eigenvalue weighted by molar-refractivity contribution is 0.0170. The van der Waals surface area contributed by atoms with Crippen molar-refractivity contribution >= 4 is 21.0 Å². The number of alkyl halides is 2. The van der Waals surface area contributed by atoms with Crippen LogP contribution in [-0.2, 0) is 10.0 Å². The van der Waals surface area contributed by atoms with Crippen LogP contribution in [0.2, 0.25) is 0 Å². The highest BCUT2D eigenvalue weighted by Crippen LogP contribution is 2.18. The van der Waals surface area contributed by atoms with Crippen LogP contribution in [0.4, 0.5) is 8.78 Å². The molecule has 0 aliphatic carbocycles. The molecule has 1 aromatic heterocycles. The van der Waals surface area contributed by atoms with Gasteiger partial charge in [0.05, 0.1) is 18.0 Å². The fourth-order valence-electron chi connectivity index (χ4n) is 1.57. The van der Waals surface area contributed by atoms with Gasteiger partial charge < -0.3 is 10.2 Å². The monoisotopic (exact) mass is 318 g/mol. The second-order valence-corrected chi connectivity index (χ2v) is 6.11. The molecule has 0 saturated heterocycles. The Morgan fingerprint density at radius 1 is 1.24 bits per heavy atom. The van der Waals surface area contributed by atoms with Gasteiger partial charge in [-0.2, -0.15) is 0 Å². The van der Waals surface area contributed by atoms with Gasteiger partial charge in [-0.25, -0.2) is 26.7 Å². The molecule has 21 heavy (non-hydrogen) atoms. The first-order valence-electron chi connectivity index (χ1n) is 5.85. The quantitative estimate of drug-likeness (QED) is 0.789. The van der Waals surface area contributed by atoms with E-state index in [0.29, 0.717) is 5.39 Å². The average molecular weight is 318 g/mol. The van der Waals surface area contributed by atoms with Crippen molar-refractivity contribution in [1.82, 2.24) is 4.72 Å². The van der Waals surface area contributed by atoms with E-state index in [-0.39, 0.29) is 10.5 Å². The summed E-state index contributed by atoms with van der Waals surface area (Å²) < 4.78 is 56.5. The van der Waals surface area contributed by atoms with Gasteiger partial charge in [-0.05, 0) is 24.3 Å². The zero-order valence-corrected chi connectivity index (χ0v) is 11.5. The zero-order chi connectivity index (χ0) is 15.7. The zero-order valence-electron chi connectivity index (χ0n) is 10.7. The topological polar surface area (TPSA) is 102 Å². The molecular weight excluding hydrogens is 306 g/mol. The molecule has 0 unspecified atom stereocenters. The Kier molecular flexibility index (Phi) is 4.08. The number of fused-ring (bicyclic) bond motifs is 1. The lowest BCUT2D eigenvalue weighted by atomic mass is 10.2. The number of rotatable bonds is 5. The van der Waals surface area contributed by atoms with Gasteiger partial charge in [0, 0.05) is 11.5 Å². The second kappa shape index (κ2) is 5.51. The lowest BCUT2D eigenvalue weighted by Gasteiger charge is -2.14. The molecule has 9 heteroatoms. The van der Waals surface area contributed by atoms with E-state index >= 15 is 0 Å². The molecule has 2 rings (SSSR count). The number of nitrogens with two attached hydrogens (primary N) is 1. The summed E-state index contributed by atoms with van der Waals surface area (Å²) in [6.45, 7) is -2.05. The van der Waals surface area contributed by atoms with Gasteiger partial charge in [0.25, 0.3) is 5.92 Å². The van der Waals surface area contributed by atoms with Crippen LogP contribution >= 0.6 is 0 Å². The van der Waals surface area contributed by atoms with Gasteiger partial charge >= 0.3 is 5.63 Å². The number of sulfonamides is 1. The molecule has 0 saturated carbocycles. The van der Waals surface area contributed by atoms with Gasteiger partial charge in [-0.1, -0.05) is 0 Å². The van der Waals surface area contributed by atoms with Gasteiger partial charge in [0.2, 0.25) is 10.0 Å². The Labute approximate surface area is 118 Å². The summed E-state index contributed by atoms with van der Waals surface area (Å²) in [7, 11) is -4.11. The van der Waals surface area contributed by atoms with Crippen LogP contribution in [0.1, 0.15) is 0 Å². The van der Waals surface area contributed by atoms with E-state index in [1.807, 2.05) is 0 Å². The minimum absolute atomic E-state index is 0.203. The summed E-state index contributed by atoms with van der Waals surface area (Å²) in [5, 5.41) is 0.364. The maximum absolute atomic E-state index is 13.0. The molecule has 0 aliphatic rings. The molecular formula is C12H12F2N2O4S. The van der Waals surface area contributed by atoms with Crippen molar-refractivity contribution in [2.75, 3.05) is 13.1 Å². The van der Waals surface area contributed by atoms with Crippen LogP contribution in [0.15, 0.2) is 44.4 Å². The number of hydrogen-bond donors (Lipinski definition) is 2. The Hall–Kier alpha value is -1.84. The third kappa shape index (κ3) is 3.63. The fraction of sp³-hybridized carbons (Fsp3) is 0.250. The summed E-state index contributed by atoms with van der Waals surface area (Å²) in [6.07, 6.45) is 0. The van der Waals surface area contributed by atoms with Gasteiger partial charge in [0.1, 0.15) is 5.58 Å². The molecule has 0 fully saturated rings. The summed E-state index contributed by atoms with van der Waals surface area (Å²) in [6, 6.07) is 6.19. The van der Waals surface area contributed by atoms with E-state index in [1.54, 1.807) is 4.72 Å².